The molecule has 0 aromatic carbocycles. The number of nitrogens with one attached hydrogen (secondary N) is 2. The van der Waals surface area contributed by atoms with Gasteiger partial charge in [0.25, 0.3) is 0 Å². The minimum Gasteiger partial charge on any atom is -0.317 e. The molecule has 0 unspecified atom stereocenters. The van der Waals surface area contributed by atoms with Crippen LogP contribution in [0.5, 0.6) is 0 Å². The van der Waals surface area contributed by atoms with Gasteiger partial charge in [-0.1, -0.05) is 6.07 Å². The molecular weight excluding hydrogens is 246 g/mol. The zero-order valence-corrected chi connectivity index (χ0v) is 12.4. The van der Waals surface area contributed by atoms with Crippen molar-refractivity contribution in [3.8, 4) is 0 Å². The lowest BCUT2D eigenvalue weighted by molar-refractivity contribution is 0.116. The molecule has 2 fully saturated rings. The van der Waals surface area contributed by atoms with Gasteiger partial charge in [-0.25, -0.2) is 0 Å². The van der Waals surface area contributed by atoms with E-state index in [9.17, 15) is 0 Å². The van der Waals surface area contributed by atoms with Gasteiger partial charge in [-0.05, 0) is 69.2 Å². The highest BCUT2D eigenvalue weighted by Gasteiger charge is 2.35. The molecule has 1 aromatic rings. The molecule has 0 atom stereocenters. The average Bonchev–Trinajstić information content (AvgIpc) is 2.52. The van der Waals surface area contributed by atoms with Crippen LogP contribution in [0.4, 0.5) is 0 Å². The minimum absolute atomic E-state index is 0.685. The Morgan fingerprint density at radius 2 is 1.95 bits per heavy atom. The van der Waals surface area contributed by atoms with Crippen molar-refractivity contribution < 1.29 is 0 Å². The third-order valence-corrected chi connectivity index (χ3v) is 5.25. The van der Waals surface area contributed by atoms with Crippen LogP contribution in [0.2, 0.25) is 0 Å². The SMILES string of the molecule is c1ccc(CCNC2CCC3(CCNCC3)CC2)nc1. The molecule has 0 bridgehead atoms. The molecule has 1 saturated heterocycles. The molecule has 20 heavy (non-hydrogen) atoms. The van der Waals surface area contributed by atoms with E-state index in [4.69, 9.17) is 0 Å². The lowest BCUT2D eigenvalue weighted by Gasteiger charge is -2.43. The van der Waals surface area contributed by atoms with Gasteiger partial charge < -0.3 is 10.6 Å². The van der Waals surface area contributed by atoms with Crippen molar-refractivity contribution in [3.63, 3.8) is 0 Å². The summed E-state index contributed by atoms with van der Waals surface area (Å²) in [4.78, 5) is 4.38. The number of hydrogen-bond donors (Lipinski definition) is 2. The monoisotopic (exact) mass is 273 g/mol. The number of pyridine rings is 1. The fourth-order valence-electron chi connectivity index (χ4n) is 3.84. The molecule has 1 aliphatic heterocycles. The molecule has 1 aliphatic carbocycles. The molecule has 3 heteroatoms. The van der Waals surface area contributed by atoms with Crippen molar-refractivity contribution in [3.05, 3.63) is 30.1 Å². The first-order valence-electron chi connectivity index (χ1n) is 8.20. The average molecular weight is 273 g/mol. The Balaban J connectivity index is 1.38. The number of aromatic nitrogens is 1. The van der Waals surface area contributed by atoms with Crippen LogP contribution in [0.15, 0.2) is 24.4 Å². The van der Waals surface area contributed by atoms with E-state index in [1.165, 1.54) is 57.3 Å². The summed E-state index contributed by atoms with van der Waals surface area (Å²) in [6.45, 7) is 3.53. The minimum atomic E-state index is 0.685. The Bertz CT molecular complexity index is 388. The molecule has 1 saturated carbocycles. The normalized spacial score (nSPS) is 23.0. The summed E-state index contributed by atoms with van der Waals surface area (Å²) in [7, 11) is 0. The zero-order chi connectivity index (χ0) is 13.7. The maximum absolute atomic E-state index is 4.38. The van der Waals surface area contributed by atoms with Crippen LogP contribution in [-0.2, 0) is 6.42 Å². The van der Waals surface area contributed by atoms with Crippen molar-refractivity contribution in [2.24, 2.45) is 5.41 Å². The summed E-state index contributed by atoms with van der Waals surface area (Å²) in [5.74, 6) is 0. The summed E-state index contributed by atoms with van der Waals surface area (Å²) < 4.78 is 0. The molecule has 3 rings (SSSR count). The van der Waals surface area contributed by atoms with E-state index < -0.39 is 0 Å². The maximum atomic E-state index is 4.38. The second-order valence-corrected chi connectivity index (χ2v) is 6.55. The predicted molar refractivity (Wildman–Crippen MR) is 82.7 cm³/mol. The van der Waals surface area contributed by atoms with Gasteiger partial charge in [0.1, 0.15) is 0 Å². The van der Waals surface area contributed by atoms with E-state index in [1.54, 1.807) is 0 Å². The Morgan fingerprint density at radius 1 is 1.15 bits per heavy atom. The van der Waals surface area contributed by atoms with E-state index in [1.807, 2.05) is 12.3 Å². The standard InChI is InChI=1S/C17H27N3/c1-2-11-19-15(3-1)6-12-20-16-4-7-17(8-5-16)9-13-18-14-10-17/h1-3,11,16,18,20H,4-10,12-14H2. The lowest BCUT2D eigenvalue weighted by atomic mass is 9.67. The van der Waals surface area contributed by atoms with Gasteiger partial charge in [0.05, 0.1) is 0 Å². The smallest absolute Gasteiger partial charge is 0.0416 e. The van der Waals surface area contributed by atoms with Crippen LogP contribution in [0.25, 0.3) is 0 Å². The summed E-state index contributed by atoms with van der Waals surface area (Å²) in [6.07, 6.45) is 11.3. The summed E-state index contributed by atoms with van der Waals surface area (Å²) in [6, 6.07) is 6.91. The second-order valence-electron chi connectivity index (χ2n) is 6.55. The van der Waals surface area contributed by atoms with Crippen molar-refractivity contribution in [1.29, 1.82) is 0 Å². The predicted octanol–water partition coefficient (Wildman–Crippen LogP) is 2.53. The molecule has 110 valence electrons. The number of nitrogens with zero attached hydrogens (tertiary/aromatic N) is 1. The first kappa shape index (κ1) is 14.0. The molecule has 0 radical (unpaired) electrons. The molecule has 1 aromatic heterocycles. The van der Waals surface area contributed by atoms with Crippen LogP contribution in [-0.4, -0.2) is 30.7 Å². The fourth-order valence-corrected chi connectivity index (χ4v) is 3.84. The van der Waals surface area contributed by atoms with Crippen molar-refractivity contribution in [1.82, 2.24) is 15.6 Å². The molecule has 2 N–H and O–H groups in total. The molecule has 2 aliphatic rings. The topological polar surface area (TPSA) is 37.0 Å². The zero-order valence-electron chi connectivity index (χ0n) is 12.4. The van der Waals surface area contributed by atoms with Crippen LogP contribution in [0.1, 0.15) is 44.2 Å². The molecule has 2 heterocycles. The van der Waals surface area contributed by atoms with E-state index >= 15 is 0 Å². The van der Waals surface area contributed by atoms with Gasteiger partial charge in [0.15, 0.2) is 0 Å². The van der Waals surface area contributed by atoms with Crippen LogP contribution in [0, 0.1) is 5.41 Å². The van der Waals surface area contributed by atoms with Gasteiger partial charge in [-0.2, -0.15) is 0 Å². The number of rotatable bonds is 4. The van der Waals surface area contributed by atoms with Gasteiger partial charge >= 0.3 is 0 Å². The summed E-state index contributed by atoms with van der Waals surface area (Å²) in [5, 5.41) is 7.23. The third-order valence-electron chi connectivity index (χ3n) is 5.25. The van der Waals surface area contributed by atoms with E-state index in [2.05, 4.69) is 27.8 Å². The van der Waals surface area contributed by atoms with E-state index in [0.29, 0.717) is 5.41 Å². The molecule has 0 amide bonds. The fraction of sp³-hybridized carbons (Fsp3) is 0.706. The van der Waals surface area contributed by atoms with Crippen molar-refractivity contribution >= 4 is 0 Å². The van der Waals surface area contributed by atoms with Crippen molar-refractivity contribution in [2.45, 2.75) is 51.0 Å². The van der Waals surface area contributed by atoms with Gasteiger partial charge in [0, 0.05) is 30.9 Å². The summed E-state index contributed by atoms with van der Waals surface area (Å²) in [5.41, 5.74) is 1.88. The molecule has 3 nitrogen and oxygen atoms in total. The lowest BCUT2D eigenvalue weighted by Crippen LogP contribution is -2.43. The van der Waals surface area contributed by atoms with E-state index in [0.717, 1.165) is 19.0 Å². The highest BCUT2D eigenvalue weighted by atomic mass is 14.9. The van der Waals surface area contributed by atoms with Crippen LogP contribution in [0.3, 0.4) is 0 Å². The highest BCUT2D eigenvalue weighted by Crippen LogP contribution is 2.43. The quantitative estimate of drug-likeness (QED) is 0.885. The largest absolute Gasteiger partial charge is 0.317 e. The Hall–Kier alpha value is -0.930. The van der Waals surface area contributed by atoms with Gasteiger partial charge in [-0.3, -0.25) is 4.98 Å². The molecule has 1 spiro atoms. The summed E-state index contributed by atoms with van der Waals surface area (Å²) >= 11 is 0. The first-order valence-corrected chi connectivity index (χ1v) is 8.20. The molecular formula is C17H27N3. The maximum Gasteiger partial charge on any atom is 0.0416 e. The van der Waals surface area contributed by atoms with Gasteiger partial charge in [-0.15, -0.1) is 0 Å². The van der Waals surface area contributed by atoms with Gasteiger partial charge in [0.2, 0.25) is 0 Å². The van der Waals surface area contributed by atoms with Crippen molar-refractivity contribution in [2.75, 3.05) is 19.6 Å². The van der Waals surface area contributed by atoms with Crippen LogP contribution < -0.4 is 10.6 Å². The third kappa shape index (κ3) is 3.58. The Morgan fingerprint density at radius 3 is 2.65 bits per heavy atom. The van der Waals surface area contributed by atoms with Crippen LogP contribution >= 0.6 is 0 Å². The van der Waals surface area contributed by atoms with E-state index in [-0.39, 0.29) is 0 Å². The highest BCUT2D eigenvalue weighted by molar-refractivity contribution is 5.03. The first-order chi connectivity index (χ1) is 9.86. The Labute approximate surface area is 122 Å². The number of piperidine rings is 1. The Kier molecular flexibility index (Phi) is 4.69. The second kappa shape index (κ2) is 6.68. The number of hydrogen-bond acceptors (Lipinski definition) is 3.